The van der Waals surface area contributed by atoms with Gasteiger partial charge in [-0.3, -0.25) is 4.79 Å². The van der Waals surface area contributed by atoms with Crippen molar-refractivity contribution in [3.8, 4) is 0 Å². The molecule has 0 radical (unpaired) electrons. The van der Waals surface area contributed by atoms with Gasteiger partial charge in [-0.1, -0.05) is 54.0 Å². The first-order valence-corrected chi connectivity index (χ1v) is 6.54. The van der Waals surface area contributed by atoms with Gasteiger partial charge >= 0.3 is 0 Å². The standard InChI is InChI=1S/C10H18O.C5H10O/c1-5-9(4)6-10(7-11)8(2)3;1-3-5(2)4-6/h6-9H,5H2,1-4H3;4-5H,3H2,1-2H3. The Hall–Kier alpha value is -0.920. The monoisotopic (exact) mass is 240 g/mol. The van der Waals surface area contributed by atoms with Gasteiger partial charge in [0, 0.05) is 5.92 Å². The highest BCUT2D eigenvalue weighted by atomic mass is 16.1. The third-order valence-electron chi connectivity index (χ3n) is 2.80. The molecule has 0 heterocycles. The van der Waals surface area contributed by atoms with Gasteiger partial charge in [0.1, 0.15) is 12.6 Å². The molecular formula is C15H28O2. The molecule has 0 aliphatic heterocycles. The summed E-state index contributed by atoms with van der Waals surface area (Å²) < 4.78 is 0. The number of hydrogen-bond acceptors (Lipinski definition) is 2. The number of carbonyl (C=O) groups is 2. The van der Waals surface area contributed by atoms with Crippen LogP contribution < -0.4 is 0 Å². The lowest BCUT2D eigenvalue weighted by molar-refractivity contribution is -0.110. The van der Waals surface area contributed by atoms with Crippen molar-refractivity contribution in [1.29, 1.82) is 0 Å². The molecule has 0 N–H and O–H groups in total. The van der Waals surface area contributed by atoms with Crippen LogP contribution in [-0.4, -0.2) is 12.6 Å². The average molecular weight is 240 g/mol. The molecule has 0 fully saturated rings. The topological polar surface area (TPSA) is 34.1 Å². The number of hydrogen-bond donors (Lipinski definition) is 0. The number of aldehydes is 2. The Morgan fingerprint density at radius 3 is 1.59 bits per heavy atom. The van der Waals surface area contributed by atoms with E-state index in [9.17, 15) is 9.59 Å². The molecule has 0 spiro atoms. The van der Waals surface area contributed by atoms with Gasteiger partial charge in [-0.25, -0.2) is 0 Å². The van der Waals surface area contributed by atoms with E-state index in [1.54, 1.807) is 0 Å². The number of carbonyl (C=O) groups excluding carboxylic acids is 2. The maximum atomic E-state index is 10.5. The summed E-state index contributed by atoms with van der Waals surface area (Å²) in [7, 11) is 0. The summed E-state index contributed by atoms with van der Waals surface area (Å²) in [4.78, 5) is 20.3. The summed E-state index contributed by atoms with van der Waals surface area (Å²) in [5, 5.41) is 0. The first-order chi connectivity index (χ1) is 7.92. The first-order valence-electron chi connectivity index (χ1n) is 6.54. The van der Waals surface area contributed by atoms with Gasteiger partial charge < -0.3 is 4.79 Å². The van der Waals surface area contributed by atoms with E-state index in [1.807, 2.05) is 27.7 Å². The van der Waals surface area contributed by atoms with E-state index in [0.29, 0.717) is 11.8 Å². The van der Waals surface area contributed by atoms with Gasteiger partial charge in [0.2, 0.25) is 0 Å². The molecule has 2 heteroatoms. The average Bonchev–Trinajstić information content (AvgIpc) is 2.34. The van der Waals surface area contributed by atoms with Crippen molar-refractivity contribution < 1.29 is 9.59 Å². The molecule has 0 aliphatic rings. The van der Waals surface area contributed by atoms with E-state index in [-0.39, 0.29) is 5.92 Å². The van der Waals surface area contributed by atoms with Crippen LogP contribution in [0.5, 0.6) is 0 Å². The predicted octanol–water partition coefficient (Wildman–Crippen LogP) is 4.05. The van der Waals surface area contributed by atoms with Crippen LogP contribution in [0.1, 0.15) is 54.4 Å². The molecule has 0 aromatic carbocycles. The van der Waals surface area contributed by atoms with Gasteiger partial charge in [-0.15, -0.1) is 0 Å². The van der Waals surface area contributed by atoms with Crippen molar-refractivity contribution in [1.82, 2.24) is 0 Å². The maximum Gasteiger partial charge on any atom is 0.145 e. The minimum Gasteiger partial charge on any atom is -0.303 e. The minimum atomic E-state index is 0.255. The highest BCUT2D eigenvalue weighted by Crippen LogP contribution is 2.12. The Kier molecular flexibility index (Phi) is 12.5. The Labute approximate surface area is 106 Å². The van der Waals surface area contributed by atoms with E-state index in [4.69, 9.17) is 0 Å². The van der Waals surface area contributed by atoms with Gasteiger partial charge in [0.05, 0.1) is 0 Å². The number of rotatable bonds is 6. The lowest BCUT2D eigenvalue weighted by Gasteiger charge is -2.06. The summed E-state index contributed by atoms with van der Waals surface area (Å²) in [5.74, 6) is 1.14. The zero-order chi connectivity index (χ0) is 13.8. The Morgan fingerprint density at radius 1 is 0.941 bits per heavy atom. The fraction of sp³-hybridized carbons (Fsp3) is 0.733. The lowest BCUT2D eigenvalue weighted by atomic mass is 9.98. The second-order valence-corrected chi connectivity index (χ2v) is 4.85. The van der Waals surface area contributed by atoms with Gasteiger partial charge in [-0.05, 0) is 23.8 Å². The maximum absolute atomic E-state index is 10.5. The molecule has 2 atom stereocenters. The fourth-order valence-corrected chi connectivity index (χ4v) is 0.910. The van der Waals surface area contributed by atoms with E-state index < -0.39 is 0 Å². The third-order valence-corrected chi connectivity index (χ3v) is 2.80. The molecule has 0 aromatic rings. The molecule has 0 aromatic heterocycles. The van der Waals surface area contributed by atoms with E-state index in [2.05, 4.69) is 19.9 Å². The van der Waals surface area contributed by atoms with Crippen LogP contribution in [0.4, 0.5) is 0 Å². The smallest absolute Gasteiger partial charge is 0.145 e. The van der Waals surface area contributed by atoms with Crippen molar-refractivity contribution in [2.24, 2.45) is 17.8 Å². The summed E-state index contributed by atoms with van der Waals surface area (Å²) in [6, 6.07) is 0. The molecule has 2 nitrogen and oxygen atoms in total. The molecule has 0 amide bonds. The molecule has 0 saturated heterocycles. The zero-order valence-corrected chi connectivity index (χ0v) is 12.2. The van der Waals surface area contributed by atoms with Crippen molar-refractivity contribution >= 4 is 12.6 Å². The van der Waals surface area contributed by atoms with Crippen LogP contribution in [0.3, 0.4) is 0 Å². The second kappa shape index (κ2) is 11.6. The molecule has 100 valence electrons. The van der Waals surface area contributed by atoms with Crippen LogP contribution in [0.25, 0.3) is 0 Å². The third kappa shape index (κ3) is 11.3. The predicted molar refractivity (Wildman–Crippen MR) is 74.0 cm³/mol. The summed E-state index contributed by atoms with van der Waals surface area (Å²) in [6.07, 6.45) is 6.07. The molecule has 0 aliphatic carbocycles. The van der Waals surface area contributed by atoms with E-state index in [0.717, 1.165) is 31.0 Å². The molecule has 0 bridgehead atoms. The summed E-state index contributed by atoms with van der Waals surface area (Å²) in [6.45, 7) is 12.3. The molecule has 2 unspecified atom stereocenters. The molecule has 0 saturated carbocycles. The van der Waals surface area contributed by atoms with Crippen LogP contribution >= 0.6 is 0 Å². The number of allylic oxidation sites excluding steroid dienone is 2. The normalized spacial score (nSPS) is 14.6. The molecule has 17 heavy (non-hydrogen) atoms. The van der Waals surface area contributed by atoms with Gasteiger partial charge in [-0.2, -0.15) is 0 Å². The summed E-state index contributed by atoms with van der Waals surface area (Å²) in [5.41, 5.74) is 0.930. The van der Waals surface area contributed by atoms with Crippen molar-refractivity contribution in [3.05, 3.63) is 11.6 Å². The highest BCUT2D eigenvalue weighted by molar-refractivity contribution is 5.73. The Morgan fingerprint density at radius 2 is 1.41 bits per heavy atom. The molecule has 0 rings (SSSR count). The highest BCUT2D eigenvalue weighted by Gasteiger charge is 2.02. The van der Waals surface area contributed by atoms with Crippen LogP contribution in [-0.2, 0) is 9.59 Å². The van der Waals surface area contributed by atoms with Crippen LogP contribution in [0, 0.1) is 17.8 Å². The fourth-order valence-electron chi connectivity index (χ4n) is 0.910. The molecular weight excluding hydrogens is 212 g/mol. The van der Waals surface area contributed by atoms with Crippen molar-refractivity contribution in [3.63, 3.8) is 0 Å². The largest absolute Gasteiger partial charge is 0.303 e. The summed E-state index contributed by atoms with van der Waals surface area (Å²) >= 11 is 0. The van der Waals surface area contributed by atoms with Gasteiger partial charge in [0.15, 0.2) is 0 Å². The van der Waals surface area contributed by atoms with Gasteiger partial charge in [0.25, 0.3) is 0 Å². The quantitative estimate of drug-likeness (QED) is 0.518. The first kappa shape index (κ1) is 18.4. The Bertz CT molecular complexity index is 229. The Balaban J connectivity index is 0. The van der Waals surface area contributed by atoms with Crippen LogP contribution in [0.2, 0.25) is 0 Å². The van der Waals surface area contributed by atoms with Crippen molar-refractivity contribution in [2.45, 2.75) is 54.4 Å². The lowest BCUT2D eigenvalue weighted by Crippen LogP contribution is -1.98. The second-order valence-electron chi connectivity index (χ2n) is 4.85. The zero-order valence-electron chi connectivity index (χ0n) is 12.2. The minimum absolute atomic E-state index is 0.255. The van der Waals surface area contributed by atoms with Crippen LogP contribution in [0.15, 0.2) is 11.6 Å². The van der Waals surface area contributed by atoms with E-state index >= 15 is 0 Å². The van der Waals surface area contributed by atoms with E-state index in [1.165, 1.54) is 0 Å². The SMILES string of the molecule is CCC(C)C=C(C=O)C(C)C.CCC(C)C=O. The van der Waals surface area contributed by atoms with Crippen molar-refractivity contribution in [2.75, 3.05) is 0 Å².